The molecule has 0 aromatic heterocycles. The summed E-state index contributed by atoms with van der Waals surface area (Å²) in [4.78, 5) is 24.9. The highest BCUT2D eigenvalue weighted by molar-refractivity contribution is 5.93. The molecule has 88 heavy (non-hydrogen) atoms. The van der Waals surface area contributed by atoms with Crippen LogP contribution in [0, 0.1) is 35.5 Å². The number of aliphatic hydroxyl groups is 2. The fourth-order valence-corrected chi connectivity index (χ4v) is 8.97. The second kappa shape index (κ2) is 47.5. The van der Waals surface area contributed by atoms with Crippen molar-refractivity contribution in [2.75, 3.05) is 119 Å². The Labute approximate surface area is 525 Å². The van der Waals surface area contributed by atoms with E-state index < -0.39 is 12.2 Å². The Kier molecular flexibility index (Phi) is 39.9. The number of ether oxygens (including phenoxy) is 8. The molecule has 0 radical (unpaired) electrons. The standard InChI is InChI=1S/C74H100N2O12/c1-59(71(77)61(3)27-21-29-65-35-37-67-31-17-19-33-69(67)57-65)23-13-9-7-11-15-25-63(5)73(79)75-39-41-81-43-45-83-47-49-85-51-53-87-55-56-88-54-52-86-50-48-84-46-44-82-42-40-76-74(80)64(6)26-16-12-8-10-14-24-60(2)72(78)62(4)28-22-30-66-36-38-68-32-18-20-34-70(68)58-66/h13-14,17-20,23-28,31-38,57-60,71-72,77-78H,11-12,15-16,21-22,29-30,39-56H2,1-6H3,(H,75,79)(H,76,80)/b23-13+,24-14+,61-27+,62-28+,63-25+,64-26+/t59-,60-,71-,72-/m1/s1. The highest BCUT2D eigenvalue weighted by Crippen LogP contribution is 2.21. The van der Waals surface area contributed by atoms with E-state index in [9.17, 15) is 19.8 Å². The van der Waals surface area contributed by atoms with Crippen LogP contribution in [0.4, 0.5) is 0 Å². The van der Waals surface area contributed by atoms with Gasteiger partial charge in [-0.3, -0.25) is 9.59 Å². The molecular weight excluding hydrogens is 1110 g/mol. The Morgan fingerprint density at radius 3 is 1.09 bits per heavy atom. The van der Waals surface area contributed by atoms with E-state index >= 15 is 0 Å². The second-order valence-electron chi connectivity index (χ2n) is 21.6. The summed E-state index contributed by atoms with van der Waals surface area (Å²) in [6, 6.07) is 29.9. The van der Waals surface area contributed by atoms with Gasteiger partial charge in [-0.15, -0.1) is 0 Å². The van der Waals surface area contributed by atoms with Gasteiger partial charge < -0.3 is 58.7 Å². The molecule has 0 spiro atoms. The molecule has 0 saturated carbocycles. The SMILES string of the molecule is C/C(=C\CCC#C/C=C/[C@@H](C)[C@@H](O)/C(C)=C/CCc1ccc2ccccc2c1)C(=O)NCCOCCOCCOCCOCCOCCOCCOCCOCCNC(=O)/C(C)=C/CCC#C/C=C/[C@@H](C)[C@@H](O)/C(C)=C/CCc1ccc2ccccc2c1. The molecule has 14 heteroatoms. The Bertz CT molecular complexity index is 2740. The minimum atomic E-state index is -0.559. The number of aryl methyl sites for hydroxylation is 2. The van der Waals surface area contributed by atoms with Crippen molar-refractivity contribution >= 4 is 33.4 Å². The second-order valence-corrected chi connectivity index (χ2v) is 21.6. The highest BCUT2D eigenvalue weighted by Gasteiger charge is 2.14. The number of unbranched alkanes of at least 4 members (excludes halogenated alkanes) is 2. The zero-order valence-corrected chi connectivity index (χ0v) is 53.4. The largest absolute Gasteiger partial charge is 0.388 e. The number of aliphatic hydroxyl groups excluding tert-OH is 2. The van der Waals surface area contributed by atoms with Gasteiger partial charge in [0.1, 0.15) is 0 Å². The first kappa shape index (κ1) is 74.0. The van der Waals surface area contributed by atoms with Gasteiger partial charge in [-0.05, 0) is 122 Å². The maximum absolute atomic E-state index is 12.4. The predicted molar refractivity (Wildman–Crippen MR) is 355 cm³/mol. The summed E-state index contributed by atoms with van der Waals surface area (Å²) >= 11 is 0. The van der Waals surface area contributed by atoms with Crippen LogP contribution in [0.3, 0.4) is 0 Å². The normalized spacial score (nSPS) is 13.8. The third-order valence-electron chi connectivity index (χ3n) is 14.3. The lowest BCUT2D eigenvalue weighted by atomic mass is 9.96. The van der Waals surface area contributed by atoms with Crippen molar-refractivity contribution in [1.82, 2.24) is 10.6 Å². The molecule has 0 heterocycles. The fourth-order valence-electron chi connectivity index (χ4n) is 8.97. The van der Waals surface area contributed by atoms with Crippen LogP contribution in [0.25, 0.3) is 21.5 Å². The zero-order valence-electron chi connectivity index (χ0n) is 53.4. The molecule has 0 fully saturated rings. The van der Waals surface area contributed by atoms with E-state index in [1.54, 1.807) is 26.0 Å². The van der Waals surface area contributed by atoms with Gasteiger partial charge in [-0.25, -0.2) is 0 Å². The van der Waals surface area contributed by atoms with E-state index in [2.05, 4.69) is 131 Å². The first-order chi connectivity index (χ1) is 42.9. The van der Waals surface area contributed by atoms with Crippen molar-refractivity contribution in [2.24, 2.45) is 11.8 Å². The van der Waals surface area contributed by atoms with Crippen molar-refractivity contribution in [1.29, 1.82) is 0 Å². The van der Waals surface area contributed by atoms with Gasteiger partial charge in [-0.1, -0.05) is 159 Å². The van der Waals surface area contributed by atoms with Crippen molar-refractivity contribution in [3.63, 3.8) is 0 Å². The number of rotatable bonds is 45. The average Bonchev–Trinajstić information content (AvgIpc) is 3.64. The molecule has 0 bridgehead atoms. The molecule has 4 N–H and O–H groups in total. The Balaban J connectivity index is 0.828. The Hall–Kier alpha value is -6.50. The van der Waals surface area contributed by atoms with Crippen LogP contribution < -0.4 is 10.6 Å². The maximum Gasteiger partial charge on any atom is 0.246 e. The molecule has 0 saturated heterocycles. The van der Waals surface area contributed by atoms with E-state index in [1.165, 1.54) is 32.7 Å². The molecule has 0 aliphatic heterocycles. The fraction of sp³-hybridized carbons (Fsp3) is 0.486. The summed E-state index contributed by atoms with van der Waals surface area (Å²) in [7, 11) is 0. The number of carbonyl (C=O) groups excluding carboxylic acids is 2. The van der Waals surface area contributed by atoms with Gasteiger partial charge in [0.25, 0.3) is 0 Å². The van der Waals surface area contributed by atoms with Gasteiger partial charge >= 0.3 is 0 Å². The topological polar surface area (TPSA) is 172 Å². The number of amides is 2. The molecule has 14 nitrogen and oxygen atoms in total. The average molecular weight is 1210 g/mol. The van der Waals surface area contributed by atoms with Crippen LogP contribution in [-0.4, -0.2) is 153 Å². The van der Waals surface area contributed by atoms with Crippen molar-refractivity contribution < 1.29 is 57.7 Å². The summed E-state index contributed by atoms with van der Waals surface area (Å²) in [5.41, 5.74) is 5.80. The van der Waals surface area contributed by atoms with Crippen molar-refractivity contribution in [3.05, 3.63) is 167 Å². The van der Waals surface area contributed by atoms with Crippen molar-refractivity contribution in [3.8, 4) is 23.7 Å². The predicted octanol–water partition coefficient (Wildman–Crippen LogP) is 11.4. The van der Waals surface area contributed by atoms with Crippen LogP contribution in [0.15, 0.2) is 156 Å². The number of benzene rings is 4. The number of carbonyl (C=O) groups is 2. The third kappa shape index (κ3) is 33.7. The van der Waals surface area contributed by atoms with Crippen LogP contribution in [-0.2, 0) is 60.3 Å². The van der Waals surface area contributed by atoms with Crippen molar-refractivity contribution in [2.45, 2.75) is 105 Å². The molecule has 478 valence electrons. The molecule has 0 aliphatic carbocycles. The molecular formula is C74H100N2O12. The third-order valence-corrected chi connectivity index (χ3v) is 14.3. The molecule has 4 aromatic rings. The number of fused-ring (bicyclic) bond motifs is 2. The van der Waals surface area contributed by atoms with Crippen LogP contribution >= 0.6 is 0 Å². The Morgan fingerprint density at radius 2 is 0.750 bits per heavy atom. The smallest absolute Gasteiger partial charge is 0.246 e. The summed E-state index contributed by atoms with van der Waals surface area (Å²) < 4.78 is 44.4. The van der Waals surface area contributed by atoms with E-state index in [0.717, 1.165) is 36.8 Å². The number of allylic oxidation sites excluding steroid dienone is 6. The first-order valence-corrected chi connectivity index (χ1v) is 31.4. The summed E-state index contributed by atoms with van der Waals surface area (Å²) in [5.74, 6) is 12.0. The van der Waals surface area contributed by atoms with Crippen LogP contribution in [0.5, 0.6) is 0 Å². The minimum Gasteiger partial charge on any atom is -0.388 e. The number of nitrogens with one attached hydrogen (secondary N) is 2. The Morgan fingerprint density at radius 1 is 0.432 bits per heavy atom. The maximum atomic E-state index is 12.4. The van der Waals surface area contributed by atoms with Gasteiger partial charge in [0.2, 0.25) is 11.8 Å². The van der Waals surface area contributed by atoms with Gasteiger partial charge in [0.05, 0.1) is 118 Å². The molecule has 4 atom stereocenters. The molecule has 2 amide bonds. The van der Waals surface area contributed by atoms with E-state index in [1.807, 2.05) is 52.0 Å². The zero-order chi connectivity index (χ0) is 63.1. The summed E-state index contributed by atoms with van der Waals surface area (Å²) in [6.07, 6.45) is 20.6. The summed E-state index contributed by atoms with van der Waals surface area (Å²) in [6.45, 7) is 19.4. The number of hydrogen-bond donors (Lipinski definition) is 4. The lowest BCUT2D eigenvalue weighted by Crippen LogP contribution is -2.28. The minimum absolute atomic E-state index is 0.0556. The number of hydrogen-bond acceptors (Lipinski definition) is 12. The highest BCUT2D eigenvalue weighted by atomic mass is 16.6. The van der Waals surface area contributed by atoms with E-state index in [-0.39, 0.29) is 23.7 Å². The van der Waals surface area contributed by atoms with Gasteiger partial charge in [-0.2, -0.15) is 0 Å². The molecule has 0 aliphatic rings. The lowest BCUT2D eigenvalue weighted by Gasteiger charge is -2.16. The lowest BCUT2D eigenvalue weighted by molar-refractivity contribution is -0.118. The monoisotopic (exact) mass is 1210 g/mol. The van der Waals surface area contributed by atoms with E-state index in [0.29, 0.717) is 156 Å². The first-order valence-electron chi connectivity index (χ1n) is 31.4. The molecule has 0 unspecified atom stereocenters. The quantitative estimate of drug-likeness (QED) is 0.0143. The summed E-state index contributed by atoms with van der Waals surface area (Å²) in [5, 5.41) is 32.3. The molecule has 4 rings (SSSR count). The van der Waals surface area contributed by atoms with Crippen LogP contribution in [0.2, 0.25) is 0 Å². The van der Waals surface area contributed by atoms with Gasteiger partial charge in [0.15, 0.2) is 0 Å². The van der Waals surface area contributed by atoms with Crippen LogP contribution in [0.1, 0.15) is 91.2 Å². The molecule has 4 aromatic carbocycles. The van der Waals surface area contributed by atoms with Gasteiger partial charge in [0, 0.05) is 48.9 Å². The van der Waals surface area contributed by atoms with E-state index in [4.69, 9.17) is 37.9 Å².